The third-order valence-electron chi connectivity index (χ3n) is 3.62. The number of hydrogen-bond donors (Lipinski definition) is 1. The summed E-state index contributed by atoms with van der Waals surface area (Å²) in [4.78, 5) is 4.15. The van der Waals surface area contributed by atoms with Crippen molar-refractivity contribution in [2.24, 2.45) is 5.92 Å². The van der Waals surface area contributed by atoms with Crippen molar-refractivity contribution in [3.05, 3.63) is 24.0 Å². The molecule has 0 aliphatic heterocycles. The van der Waals surface area contributed by atoms with Crippen LogP contribution in [0.4, 0.5) is 0 Å². The second-order valence-electron chi connectivity index (χ2n) is 5.09. The molecule has 0 aromatic carbocycles. The molecule has 1 fully saturated rings. The fraction of sp³-hybridized carbons (Fsp3) is 0.667. The summed E-state index contributed by atoms with van der Waals surface area (Å²) in [6.07, 6.45) is 10.2. The SMILES string of the molecule is CCCNCc1ccncc1OCCC1CCC1. The van der Waals surface area contributed by atoms with Gasteiger partial charge >= 0.3 is 0 Å². The first-order valence-electron chi connectivity index (χ1n) is 7.16. The highest BCUT2D eigenvalue weighted by Crippen LogP contribution is 2.29. The van der Waals surface area contributed by atoms with Gasteiger partial charge in [0.2, 0.25) is 0 Å². The summed E-state index contributed by atoms with van der Waals surface area (Å²) < 4.78 is 5.87. The minimum absolute atomic E-state index is 0.830. The molecule has 0 bridgehead atoms. The molecule has 0 spiro atoms. The van der Waals surface area contributed by atoms with Crippen molar-refractivity contribution in [3.8, 4) is 5.75 Å². The Morgan fingerprint density at radius 1 is 1.44 bits per heavy atom. The highest BCUT2D eigenvalue weighted by atomic mass is 16.5. The second kappa shape index (κ2) is 7.37. The quantitative estimate of drug-likeness (QED) is 0.718. The van der Waals surface area contributed by atoms with Gasteiger partial charge < -0.3 is 10.1 Å². The van der Waals surface area contributed by atoms with Gasteiger partial charge in [0.1, 0.15) is 5.75 Å². The molecule has 1 aliphatic rings. The summed E-state index contributed by atoms with van der Waals surface area (Å²) in [6, 6.07) is 2.04. The predicted octanol–water partition coefficient (Wildman–Crippen LogP) is 3.15. The van der Waals surface area contributed by atoms with Gasteiger partial charge in [-0.15, -0.1) is 0 Å². The molecule has 100 valence electrons. The van der Waals surface area contributed by atoms with E-state index in [0.717, 1.165) is 37.8 Å². The van der Waals surface area contributed by atoms with Crippen molar-refractivity contribution < 1.29 is 4.74 Å². The van der Waals surface area contributed by atoms with E-state index in [2.05, 4.69) is 17.2 Å². The molecule has 0 saturated heterocycles. The highest BCUT2D eigenvalue weighted by molar-refractivity contribution is 5.29. The first-order valence-corrected chi connectivity index (χ1v) is 7.16. The van der Waals surface area contributed by atoms with Gasteiger partial charge in [0.05, 0.1) is 12.8 Å². The van der Waals surface area contributed by atoms with Gasteiger partial charge in [-0.3, -0.25) is 4.98 Å². The van der Waals surface area contributed by atoms with Gasteiger partial charge in [0, 0.05) is 18.3 Å². The Morgan fingerprint density at radius 3 is 3.06 bits per heavy atom. The van der Waals surface area contributed by atoms with E-state index in [1.165, 1.54) is 31.2 Å². The number of ether oxygens (including phenoxy) is 1. The predicted molar refractivity (Wildman–Crippen MR) is 73.7 cm³/mol. The van der Waals surface area contributed by atoms with Crippen molar-refractivity contribution in [1.82, 2.24) is 10.3 Å². The number of hydrogen-bond acceptors (Lipinski definition) is 3. The maximum Gasteiger partial charge on any atom is 0.142 e. The highest BCUT2D eigenvalue weighted by Gasteiger charge is 2.17. The molecule has 2 rings (SSSR count). The Labute approximate surface area is 110 Å². The minimum Gasteiger partial charge on any atom is -0.492 e. The summed E-state index contributed by atoms with van der Waals surface area (Å²) >= 11 is 0. The number of nitrogens with one attached hydrogen (secondary N) is 1. The van der Waals surface area contributed by atoms with Gasteiger partial charge in [-0.05, 0) is 31.4 Å². The monoisotopic (exact) mass is 248 g/mol. The Morgan fingerprint density at radius 2 is 2.33 bits per heavy atom. The largest absolute Gasteiger partial charge is 0.492 e. The fourth-order valence-corrected chi connectivity index (χ4v) is 2.20. The molecular formula is C15H24N2O. The first kappa shape index (κ1) is 13.3. The zero-order chi connectivity index (χ0) is 12.6. The zero-order valence-electron chi connectivity index (χ0n) is 11.3. The van der Waals surface area contributed by atoms with Crippen LogP contribution in [0.3, 0.4) is 0 Å². The summed E-state index contributed by atoms with van der Waals surface area (Å²) in [7, 11) is 0. The molecule has 1 N–H and O–H groups in total. The maximum atomic E-state index is 5.87. The topological polar surface area (TPSA) is 34.2 Å². The fourth-order valence-electron chi connectivity index (χ4n) is 2.20. The van der Waals surface area contributed by atoms with E-state index in [1.807, 2.05) is 18.5 Å². The molecule has 1 aliphatic carbocycles. The maximum absolute atomic E-state index is 5.87. The van der Waals surface area contributed by atoms with Crippen LogP contribution < -0.4 is 10.1 Å². The Bertz CT molecular complexity index is 350. The van der Waals surface area contributed by atoms with Gasteiger partial charge in [0.15, 0.2) is 0 Å². The lowest BCUT2D eigenvalue weighted by Crippen LogP contribution is -2.17. The van der Waals surface area contributed by atoms with Crippen LogP contribution in [0.1, 0.15) is 44.6 Å². The number of rotatable bonds is 8. The van der Waals surface area contributed by atoms with Crippen molar-refractivity contribution in [3.63, 3.8) is 0 Å². The molecule has 1 saturated carbocycles. The van der Waals surface area contributed by atoms with E-state index in [0.29, 0.717) is 0 Å². The lowest BCUT2D eigenvalue weighted by Gasteiger charge is -2.25. The Hall–Kier alpha value is -1.09. The van der Waals surface area contributed by atoms with Crippen LogP contribution in [0.15, 0.2) is 18.5 Å². The third-order valence-corrected chi connectivity index (χ3v) is 3.62. The van der Waals surface area contributed by atoms with E-state index in [4.69, 9.17) is 4.74 Å². The van der Waals surface area contributed by atoms with E-state index < -0.39 is 0 Å². The van der Waals surface area contributed by atoms with Crippen LogP contribution in [0.5, 0.6) is 5.75 Å². The standard InChI is InChI=1S/C15H24N2O/c1-2-8-16-11-14-6-9-17-12-15(14)18-10-7-13-4-3-5-13/h6,9,12-13,16H,2-5,7-8,10-11H2,1H3. The van der Waals surface area contributed by atoms with Gasteiger partial charge in [-0.1, -0.05) is 26.2 Å². The molecule has 1 aromatic heterocycles. The summed E-state index contributed by atoms with van der Waals surface area (Å²) in [5.74, 6) is 1.85. The van der Waals surface area contributed by atoms with Crippen LogP contribution in [-0.4, -0.2) is 18.1 Å². The van der Waals surface area contributed by atoms with Crippen molar-refractivity contribution in [1.29, 1.82) is 0 Å². The number of pyridine rings is 1. The van der Waals surface area contributed by atoms with Crippen LogP contribution >= 0.6 is 0 Å². The summed E-state index contributed by atoms with van der Waals surface area (Å²) in [5, 5.41) is 3.41. The normalized spacial score (nSPS) is 15.4. The van der Waals surface area contributed by atoms with Crippen LogP contribution in [0.2, 0.25) is 0 Å². The lowest BCUT2D eigenvalue weighted by molar-refractivity contribution is 0.220. The zero-order valence-corrected chi connectivity index (χ0v) is 11.3. The molecule has 1 heterocycles. The summed E-state index contributed by atoms with van der Waals surface area (Å²) in [6.45, 7) is 4.92. The van der Waals surface area contributed by atoms with Crippen molar-refractivity contribution in [2.75, 3.05) is 13.2 Å². The van der Waals surface area contributed by atoms with Crippen molar-refractivity contribution >= 4 is 0 Å². The molecule has 0 radical (unpaired) electrons. The number of aromatic nitrogens is 1. The van der Waals surface area contributed by atoms with Crippen molar-refractivity contribution in [2.45, 2.75) is 45.6 Å². The molecular weight excluding hydrogens is 224 g/mol. The smallest absolute Gasteiger partial charge is 0.142 e. The van der Waals surface area contributed by atoms with Gasteiger partial charge in [-0.25, -0.2) is 0 Å². The molecule has 1 aromatic rings. The molecule has 18 heavy (non-hydrogen) atoms. The Kier molecular flexibility index (Phi) is 5.46. The third kappa shape index (κ3) is 3.98. The van der Waals surface area contributed by atoms with Gasteiger partial charge in [-0.2, -0.15) is 0 Å². The first-order chi connectivity index (χ1) is 8.90. The lowest BCUT2D eigenvalue weighted by atomic mass is 9.83. The molecule has 0 unspecified atom stereocenters. The second-order valence-corrected chi connectivity index (χ2v) is 5.09. The van der Waals surface area contributed by atoms with Gasteiger partial charge in [0.25, 0.3) is 0 Å². The summed E-state index contributed by atoms with van der Waals surface area (Å²) in [5.41, 5.74) is 1.21. The Balaban J connectivity index is 1.77. The molecule has 0 atom stereocenters. The molecule has 3 nitrogen and oxygen atoms in total. The van der Waals surface area contributed by atoms with E-state index in [9.17, 15) is 0 Å². The minimum atomic E-state index is 0.830. The van der Waals surface area contributed by atoms with E-state index in [-0.39, 0.29) is 0 Å². The van der Waals surface area contributed by atoms with Crippen LogP contribution in [0, 0.1) is 5.92 Å². The average molecular weight is 248 g/mol. The average Bonchev–Trinajstić information content (AvgIpc) is 2.34. The van der Waals surface area contributed by atoms with E-state index in [1.54, 1.807) is 0 Å². The van der Waals surface area contributed by atoms with Crippen LogP contribution in [0.25, 0.3) is 0 Å². The van der Waals surface area contributed by atoms with E-state index >= 15 is 0 Å². The molecule has 0 amide bonds. The number of nitrogens with zero attached hydrogens (tertiary/aromatic N) is 1. The molecule has 3 heteroatoms. The van der Waals surface area contributed by atoms with Crippen LogP contribution in [-0.2, 0) is 6.54 Å².